The predicted octanol–water partition coefficient (Wildman–Crippen LogP) is 1.99. The molecule has 0 atom stereocenters. The number of rotatable bonds is 11. The summed E-state index contributed by atoms with van der Waals surface area (Å²) < 4.78 is 5.03. The molecule has 21 heavy (non-hydrogen) atoms. The second-order valence-corrected chi connectivity index (χ2v) is 5.08. The molecule has 0 aromatic carbocycles. The minimum Gasteiger partial charge on any atom is -0.385 e. The van der Waals surface area contributed by atoms with Crippen molar-refractivity contribution >= 4 is 17.8 Å². The van der Waals surface area contributed by atoms with Gasteiger partial charge in [-0.1, -0.05) is 6.92 Å². The summed E-state index contributed by atoms with van der Waals surface area (Å²) in [6.45, 7) is 4.64. The van der Waals surface area contributed by atoms with E-state index in [1.165, 1.54) is 0 Å². The van der Waals surface area contributed by atoms with Crippen molar-refractivity contribution in [1.29, 1.82) is 0 Å². The van der Waals surface area contributed by atoms with E-state index in [1.54, 1.807) is 7.11 Å². The molecule has 7 heteroatoms. The maximum Gasteiger partial charge on any atom is 0.231 e. The zero-order valence-electron chi connectivity index (χ0n) is 13.6. The minimum atomic E-state index is 0.623. The van der Waals surface area contributed by atoms with E-state index in [1.807, 2.05) is 19.0 Å². The Balaban J connectivity index is 2.52. The second kappa shape index (κ2) is 10.1. The predicted molar refractivity (Wildman–Crippen MR) is 87.2 cm³/mol. The highest BCUT2D eigenvalue weighted by Gasteiger charge is 2.07. The van der Waals surface area contributed by atoms with Gasteiger partial charge < -0.3 is 20.3 Å². The van der Waals surface area contributed by atoms with Crippen LogP contribution >= 0.6 is 0 Å². The Morgan fingerprint density at radius 2 is 1.62 bits per heavy atom. The zero-order valence-corrected chi connectivity index (χ0v) is 13.6. The second-order valence-electron chi connectivity index (χ2n) is 5.08. The van der Waals surface area contributed by atoms with Gasteiger partial charge in [-0.15, -0.1) is 0 Å². The van der Waals surface area contributed by atoms with Gasteiger partial charge in [0.15, 0.2) is 0 Å². The molecule has 0 unspecified atom stereocenters. The van der Waals surface area contributed by atoms with Gasteiger partial charge in [0.1, 0.15) is 0 Å². The molecule has 1 aromatic heterocycles. The Bertz CT molecular complexity index is 399. The van der Waals surface area contributed by atoms with Crippen LogP contribution in [-0.2, 0) is 4.74 Å². The van der Waals surface area contributed by atoms with Crippen LogP contribution in [0.1, 0.15) is 32.6 Å². The first-order chi connectivity index (χ1) is 10.2. The lowest BCUT2D eigenvalue weighted by Gasteiger charge is -2.14. The van der Waals surface area contributed by atoms with Crippen molar-refractivity contribution < 1.29 is 4.74 Å². The minimum absolute atomic E-state index is 0.623. The Labute approximate surface area is 127 Å². The summed E-state index contributed by atoms with van der Waals surface area (Å²) in [7, 11) is 5.58. The normalized spacial score (nSPS) is 10.5. The molecule has 0 saturated carbocycles. The molecule has 1 rings (SSSR count). The van der Waals surface area contributed by atoms with Gasteiger partial charge in [0.2, 0.25) is 17.8 Å². The van der Waals surface area contributed by atoms with Gasteiger partial charge in [0.25, 0.3) is 0 Å². The van der Waals surface area contributed by atoms with E-state index in [0.717, 1.165) is 45.4 Å². The molecule has 2 N–H and O–H groups in total. The Hall–Kier alpha value is -1.63. The van der Waals surface area contributed by atoms with Crippen LogP contribution in [0.2, 0.25) is 0 Å². The molecule has 0 bridgehead atoms. The molecule has 0 aliphatic heterocycles. The van der Waals surface area contributed by atoms with Crippen LogP contribution in [0.15, 0.2) is 0 Å². The number of nitrogens with one attached hydrogen (secondary N) is 2. The van der Waals surface area contributed by atoms with Crippen molar-refractivity contribution in [3.63, 3.8) is 0 Å². The van der Waals surface area contributed by atoms with E-state index < -0.39 is 0 Å². The first-order valence-corrected chi connectivity index (χ1v) is 7.57. The van der Waals surface area contributed by atoms with Crippen molar-refractivity contribution in [3.8, 4) is 0 Å². The summed E-state index contributed by atoms with van der Waals surface area (Å²) in [5, 5.41) is 6.47. The zero-order chi connectivity index (χ0) is 15.5. The van der Waals surface area contributed by atoms with E-state index in [4.69, 9.17) is 4.74 Å². The smallest absolute Gasteiger partial charge is 0.231 e. The van der Waals surface area contributed by atoms with Crippen molar-refractivity contribution in [2.75, 3.05) is 56.4 Å². The summed E-state index contributed by atoms with van der Waals surface area (Å²) in [5.74, 6) is 1.90. The quantitative estimate of drug-likeness (QED) is 0.605. The summed E-state index contributed by atoms with van der Waals surface area (Å²) in [6, 6.07) is 0. The number of nitrogens with zero attached hydrogens (tertiary/aromatic N) is 4. The Morgan fingerprint density at radius 3 is 2.19 bits per heavy atom. The standard InChI is InChI=1S/C14H28N6O/c1-5-9-15-12-17-13(19-14(18-12)20(2)3)16-10-7-6-8-11-21-4/h5-11H2,1-4H3,(H2,15,16,17,18,19). The highest BCUT2D eigenvalue weighted by atomic mass is 16.5. The van der Waals surface area contributed by atoms with Gasteiger partial charge in [-0.05, 0) is 25.7 Å². The van der Waals surface area contributed by atoms with Crippen molar-refractivity contribution in [2.45, 2.75) is 32.6 Å². The maximum atomic E-state index is 5.03. The SMILES string of the molecule is CCCNc1nc(NCCCCCOC)nc(N(C)C)n1. The van der Waals surface area contributed by atoms with E-state index in [9.17, 15) is 0 Å². The monoisotopic (exact) mass is 296 g/mol. The molecular weight excluding hydrogens is 268 g/mol. The fourth-order valence-electron chi connectivity index (χ4n) is 1.71. The summed E-state index contributed by atoms with van der Waals surface area (Å²) in [6.07, 6.45) is 4.32. The lowest BCUT2D eigenvalue weighted by Crippen LogP contribution is -2.17. The van der Waals surface area contributed by atoms with Crippen LogP contribution < -0.4 is 15.5 Å². The van der Waals surface area contributed by atoms with Crippen LogP contribution in [0.3, 0.4) is 0 Å². The molecule has 1 aromatic rings. The molecule has 0 radical (unpaired) electrons. The van der Waals surface area contributed by atoms with Crippen LogP contribution in [0.25, 0.3) is 0 Å². The van der Waals surface area contributed by atoms with Gasteiger partial charge in [0.05, 0.1) is 0 Å². The highest BCUT2D eigenvalue weighted by molar-refractivity contribution is 5.42. The first-order valence-electron chi connectivity index (χ1n) is 7.57. The third-order valence-electron chi connectivity index (χ3n) is 2.87. The van der Waals surface area contributed by atoms with Gasteiger partial charge in [-0.25, -0.2) is 0 Å². The van der Waals surface area contributed by atoms with Gasteiger partial charge in [-0.3, -0.25) is 0 Å². The molecule has 120 valence electrons. The molecule has 0 aliphatic rings. The molecule has 0 spiro atoms. The molecule has 0 saturated heterocycles. The van der Waals surface area contributed by atoms with Gasteiger partial charge in [-0.2, -0.15) is 15.0 Å². The number of unbranched alkanes of at least 4 members (excludes halogenated alkanes) is 2. The van der Waals surface area contributed by atoms with Crippen LogP contribution in [-0.4, -0.2) is 55.9 Å². The van der Waals surface area contributed by atoms with Crippen LogP contribution in [0.4, 0.5) is 17.8 Å². The summed E-state index contributed by atoms with van der Waals surface area (Å²) in [5.41, 5.74) is 0. The Morgan fingerprint density at radius 1 is 0.952 bits per heavy atom. The Kier molecular flexibility index (Phi) is 8.42. The van der Waals surface area contributed by atoms with Crippen molar-refractivity contribution in [3.05, 3.63) is 0 Å². The number of ether oxygens (including phenoxy) is 1. The average molecular weight is 296 g/mol. The van der Waals surface area contributed by atoms with Crippen molar-refractivity contribution in [1.82, 2.24) is 15.0 Å². The van der Waals surface area contributed by atoms with Gasteiger partial charge in [0, 0.05) is 40.9 Å². The summed E-state index contributed by atoms with van der Waals surface area (Å²) in [4.78, 5) is 15.0. The number of aromatic nitrogens is 3. The fourth-order valence-corrected chi connectivity index (χ4v) is 1.71. The average Bonchev–Trinajstić information content (AvgIpc) is 2.48. The van der Waals surface area contributed by atoms with Crippen LogP contribution in [0, 0.1) is 0 Å². The van der Waals surface area contributed by atoms with E-state index >= 15 is 0 Å². The molecule has 1 heterocycles. The van der Waals surface area contributed by atoms with E-state index in [0.29, 0.717) is 17.8 Å². The van der Waals surface area contributed by atoms with E-state index in [2.05, 4.69) is 32.5 Å². The molecule has 0 fully saturated rings. The molecule has 7 nitrogen and oxygen atoms in total. The fraction of sp³-hybridized carbons (Fsp3) is 0.786. The summed E-state index contributed by atoms with van der Waals surface area (Å²) >= 11 is 0. The topological polar surface area (TPSA) is 75.2 Å². The lowest BCUT2D eigenvalue weighted by atomic mass is 10.2. The van der Waals surface area contributed by atoms with Crippen molar-refractivity contribution in [2.24, 2.45) is 0 Å². The molecule has 0 aliphatic carbocycles. The third kappa shape index (κ3) is 7.08. The number of hydrogen-bond donors (Lipinski definition) is 2. The molecule has 0 amide bonds. The molecular formula is C14H28N6O. The maximum absolute atomic E-state index is 5.03. The largest absolute Gasteiger partial charge is 0.385 e. The number of anilines is 3. The van der Waals surface area contributed by atoms with Gasteiger partial charge >= 0.3 is 0 Å². The van der Waals surface area contributed by atoms with E-state index in [-0.39, 0.29) is 0 Å². The number of hydrogen-bond acceptors (Lipinski definition) is 7. The third-order valence-corrected chi connectivity index (χ3v) is 2.87. The van der Waals surface area contributed by atoms with Crippen LogP contribution in [0.5, 0.6) is 0 Å². The lowest BCUT2D eigenvalue weighted by molar-refractivity contribution is 0.192. The first kappa shape index (κ1) is 17.4. The number of methoxy groups -OCH3 is 1. The highest BCUT2D eigenvalue weighted by Crippen LogP contribution is 2.11.